The molecule has 2 N–H and O–H groups in total. The van der Waals surface area contributed by atoms with Crippen LogP contribution in [0.25, 0.3) is 11.3 Å². The fourth-order valence-corrected chi connectivity index (χ4v) is 4.21. The maximum Gasteiger partial charge on any atom is 0.343 e. The second-order valence-electron chi connectivity index (χ2n) is 6.30. The molecule has 1 aromatic carbocycles. The van der Waals surface area contributed by atoms with Crippen LogP contribution >= 0.6 is 23.1 Å². The van der Waals surface area contributed by atoms with E-state index in [-0.39, 0.29) is 11.6 Å². The summed E-state index contributed by atoms with van der Waals surface area (Å²) in [6.45, 7) is 6.46. The largest absolute Gasteiger partial charge is 0.343 e. The minimum absolute atomic E-state index is 0.175. The number of carbonyl (C=O) groups is 1. The highest BCUT2D eigenvalue weighted by atomic mass is 32.2. The Labute approximate surface area is 171 Å². The van der Waals surface area contributed by atoms with Crippen LogP contribution in [0.4, 0.5) is 5.13 Å². The molecule has 0 saturated carbocycles. The Morgan fingerprint density at radius 3 is 2.75 bits per heavy atom. The molecule has 0 aliphatic carbocycles. The number of amides is 1. The van der Waals surface area contributed by atoms with Gasteiger partial charge in [-0.3, -0.25) is 9.36 Å². The molecule has 0 spiro atoms. The molecule has 1 amide bonds. The lowest BCUT2D eigenvalue weighted by Crippen LogP contribution is -2.24. The molecule has 0 aliphatic rings. The van der Waals surface area contributed by atoms with Gasteiger partial charge in [0.2, 0.25) is 5.91 Å². The third-order valence-corrected chi connectivity index (χ3v) is 6.06. The normalized spacial score (nSPS) is 12.1. The van der Waals surface area contributed by atoms with E-state index in [1.165, 1.54) is 28.7 Å². The van der Waals surface area contributed by atoms with Crippen molar-refractivity contribution in [3.63, 3.8) is 0 Å². The van der Waals surface area contributed by atoms with Crippen molar-refractivity contribution in [2.75, 3.05) is 5.32 Å². The summed E-state index contributed by atoms with van der Waals surface area (Å²) in [5.41, 5.74) is 2.89. The van der Waals surface area contributed by atoms with Gasteiger partial charge in [0.1, 0.15) is 0 Å². The number of anilines is 1. The van der Waals surface area contributed by atoms with Crippen LogP contribution in [0.5, 0.6) is 0 Å². The van der Waals surface area contributed by atoms with Gasteiger partial charge in [0.05, 0.1) is 10.9 Å². The van der Waals surface area contributed by atoms with Gasteiger partial charge in [-0.15, -0.1) is 16.4 Å². The van der Waals surface area contributed by atoms with Crippen LogP contribution < -0.4 is 11.0 Å². The number of benzene rings is 1. The van der Waals surface area contributed by atoms with Gasteiger partial charge in [-0.2, -0.15) is 0 Å². The summed E-state index contributed by atoms with van der Waals surface area (Å²) in [4.78, 5) is 28.8. The van der Waals surface area contributed by atoms with E-state index in [0.29, 0.717) is 16.8 Å². The molecule has 9 heteroatoms. The lowest BCUT2D eigenvalue weighted by molar-refractivity contribution is -0.115. The minimum atomic E-state index is -0.415. The number of nitrogens with one attached hydrogen (secondary N) is 2. The van der Waals surface area contributed by atoms with E-state index in [1.807, 2.05) is 24.4 Å². The molecular formula is C19H23N5O2S2. The molecule has 0 fully saturated rings. The first kappa shape index (κ1) is 20.3. The molecule has 3 rings (SSSR count). The summed E-state index contributed by atoms with van der Waals surface area (Å²) in [5, 5.41) is 11.9. The van der Waals surface area contributed by atoms with Crippen molar-refractivity contribution in [2.45, 2.75) is 50.6 Å². The minimum Gasteiger partial charge on any atom is -0.301 e. The number of aromatic amines is 1. The van der Waals surface area contributed by atoms with Crippen molar-refractivity contribution in [1.29, 1.82) is 0 Å². The molecule has 148 valence electrons. The second-order valence-corrected chi connectivity index (χ2v) is 8.47. The predicted molar refractivity (Wildman–Crippen MR) is 114 cm³/mol. The number of hydrogen-bond acceptors (Lipinski definition) is 6. The first-order valence-corrected chi connectivity index (χ1v) is 10.9. The van der Waals surface area contributed by atoms with Crippen LogP contribution in [0.1, 0.15) is 32.8 Å². The molecule has 0 aliphatic heterocycles. The second kappa shape index (κ2) is 9.20. The molecule has 0 unspecified atom stereocenters. The zero-order chi connectivity index (χ0) is 20.1. The van der Waals surface area contributed by atoms with Crippen molar-refractivity contribution < 1.29 is 4.79 Å². The van der Waals surface area contributed by atoms with Crippen molar-refractivity contribution in [3.05, 3.63) is 45.7 Å². The van der Waals surface area contributed by atoms with Gasteiger partial charge in [-0.25, -0.2) is 14.9 Å². The maximum absolute atomic E-state index is 12.5. The summed E-state index contributed by atoms with van der Waals surface area (Å²) in [6, 6.07) is 8.27. The molecule has 2 aromatic heterocycles. The van der Waals surface area contributed by atoms with Crippen molar-refractivity contribution in [2.24, 2.45) is 0 Å². The highest BCUT2D eigenvalue weighted by Gasteiger charge is 2.20. The zero-order valence-electron chi connectivity index (χ0n) is 16.1. The predicted octanol–water partition coefficient (Wildman–Crippen LogP) is 3.79. The number of carbonyl (C=O) groups excluding carboxylic acids is 1. The Kier molecular flexibility index (Phi) is 6.69. The highest BCUT2D eigenvalue weighted by molar-refractivity contribution is 8.00. The van der Waals surface area contributed by atoms with E-state index < -0.39 is 5.25 Å². The van der Waals surface area contributed by atoms with Gasteiger partial charge in [0.25, 0.3) is 0 Å². The lowest BCUT2D eigenvalue weighted by atomic mass is 10.1. The van der Waals surface area contributed by atoms with Gasteiger partial charge in [0.15, 0.2) is 10.3 Å². The van der Waals surface area contributed by atoms with Crippen molar-refractivity contribution in [3.8, 4) is 11.3 Å². The monoisotopic (exact) mass is 417 g/mol. The fraction of sp³-hybridized carbons (Fsp3) is 0.368. The Hall–Kier alpha value is -2.39. The zero-order valence-corrected chi connectivity index (χ0v) is 17.7. The number of aromatic nitrogens is 4. The maximum atomic E-state index is 12.5. The Balaban J connectivity index is 1.64. The van der Waals surface area contributed by atoms with Crippen LogP contribution in [0, 0.1) is 0 Å². The van der Waals surface area contributed by atoms with Crippen molar-refractivity contribution in [1.82, 2.24) is 19.7 Å². The Bertz CT molecular complexity index is 990. The molecular weight excluding hydrogens is 394 g/mol. The fourth-order valence-electron chi connectivity index (χ4n) is 2.61. The Morgan fingerprint density at radius 1 is 1.32 bits per heavy atom. The average Bonchev–Trinajstić information content (AvgIpc) is 3.30. The molecule has 0 saturated heterocycles. The quantitative estimate of drug-likeness (QED) is 0.544. The van der Waals surface area contributed by atoms with Crippen LogP contribution in [0.15, 0.2) is 39.6 Å². The van der Waals surface area contributed by atoms with E-state index in [4.69, 9.17) is 0 Å². The van der Waals surface area contributed by atoms with E-state index in [0.717, 1.165) is 24.1 Å². The topological polar surface area (TPSA) is 92.7 Å². The molecule has 3 aromatic rings. The third-order valence-electron chi connectivity index (χ3n) is 4.21. The smallest absolute Gasteiger partial charge is 0.301 e. The molecule has 0 radical (unpaired) electrons. The summed E-state index contributed by atoms with van der Waals surface area (Å²) in [7, 11) is 0. The van der Waals surface area contributed by atoms with Crippen LogP contribution in [0.2, 0.25) is 0 Å². The summed E-state index contributed by atoms with van der Waals surface area (Å²) in [5.74, 6) is -0.175. The van der Waals surface area contributed by atoms with Gasteiger partial charge in [-0.1, -0.05) is 49.9 Å². The molecule has 2 heterocycles. The number of thioether (sulfide) groups is 1. The van der Waals surface area contributed by atoms with E-state index in [1.54, 1.807) is 11.5 Å². The highest BCUT2D eigenvalue weighted by Crippen LogP contribution is 2.27. The molecule has 1 atom stereocenters. The van der Waals surface area contributed by atoms with Gasteiger partial charge < -0.3 is 5.32 Å². The summed E-state index contributed by atoms with van der Waals surface area (Å²) < 4.78 is 1.55. The lowest BCUT2D eigenvalue weighted by Gasteiger charge is -2.10. The first-order valence-electron chi connectivity index (χ1n) is 9.19. The van der Waals surface area contributed by atoms with E-state index in [2.05, 4.69) is 39.6 Å². The van der Waals surface area contributed by atoms with E-state index in [9.17, 15) is 9.59 Å². The number of hydrogen-bond donors (Lipinski definition) is 2. The van der Waals surface area contributed by atoms with Crippen LogP contribution in [-0.4, -0.2) is 30.9 Å². The number of thiazole rings is 1. The Morgan fingerprint density at radius 2 is 2.07 bits per heavy atom. The number of aryl methyl sites for hydroxylation is 1. The van der Waals surface area contributed by atoms with E-state index >= 15 is 0 Å². The standard InChI is InChI=1S/C19H23N5O2S2/c1-4-10-24-18(26)22-23-19(24)28-12(3)16(25)21-17-20-15(11-27-17)14-8-6-13(5-2)7-9-14/h6-9,11-12H,4-5,10H2,1-3H3,(H,22,26)(H,20,21,25)/t12-/m0/s1. The molecule has 28 heavy (non-hydrogen) atoms. The molecule has 7 nitrogen and oxygen atoms in total. The van der Waals surface area contributed by atoms with Gasteiger partial charge >= 0.3 is 5.69 Å². The number of H-pyrrole nitrogens is 1. The SMILES string of the molecule is CCCn1c(S[C@@H](C)C(=O)Nc2nc(-c3ccc(CC)cc3)cs2)n[nH]c1=O. The average molecular weight is 418 g/mol. The number of rotatable bonds is 8. The summed E-state index contributed by atoms with van der Waals surface area (Å²) in [6.07, 6.45) is 1.81. The van der Waals surface area contributed by atoms with Crippen LogP contribution in [-0.2, 0) is 17.8 Å². The van der Waals surface area contributed by atoms with Crippen LogP contribution in [0.3, 0.4) is 0 Å². The number of nitrogens with zero attached hydrogens (tertiary/aromatic N) is 3. The van der Waals surface area contributed by atoms with Crippen molar-refractivity contribution >= 4 is 34.1 Å². The van der Waals surface area contributed by atoms with Gasteiger partial charge in [0, 0.05) is 17.5 Å². The summed E-state index contributed by atoms with van der Waals surface area (Å²) >= 11 is 2.64. The van der Waals surface area contributed by atoms with Gasteiger partial charge in [-0.05, 0) is 25.3 Å². The first-order chi connectivity index (χ1) is 13.5. The molecule has 0 bridgehead atoms. The third kappa shape index (κ3) is 4.71.